The minimum absolute atomic E-state index is 0.624. The highest BCUT2D eigenvalue weighted by Crippen LogP contribution is 2.12. The lowest BCUT2D eigenvalue weighted by Crippen LogP contribution is -2.11. The molecule has 0 aliphatic carbocycles. The van der Waals surface area contributed by atoms with E-state index in [4.69, 9.17) is 0 Å². The molecule has 0 fully saturated rings. The molecular weight excluding hydrogens is 520 g/mol. The van der Waals surface area contributed by atoms with Gasteiger partial charge in [0.1, 0.15) is 11.4 Å². The molecule has 5 aromatic carbocycles. The Bertz CT molecular complexity index is 1530. The average molecular weight is 551 g/mol. The summed E-state index contributed by atoms with van der Waals surface area (Å²) >= 11 is 0. The summed E-state index contributed by atoms with van der Waals surface area (Å²) in [6.45, 7) is 0. The van der Waals surface area contributed by atoms with Crippen molar-refractivity contribution in [3.63, 3.8) is 0 Å². The number of para-hydroxylation sites is 4. The van der Waals surface area contributed by atoms with Crippen LogP contribution in [0.15, 0.2) is 166 Å². The van der Waals surface area contributed by atoms with Crippen molar-refractivity contribution < 1.29 is 0 Å². The van der Waals surface area contributed by atoms with Crippen LogP contribution in [-0.4, -0.2) is 23.9 Å². The van der Waals surface area contributed by atoms with E-state index >= 15 is 0 Å². The Labute approximate surface area is 245 Å². The van der Waals surface area contributed by atoms with Gasteiger partial charge < -0.3 is 0 Å². The van der Waals surface area contributed by atoms with Crippen molar-refractivity contribution in [1.29, 1.82) is 0 Å². The van der Waals surface area contributed by atoms with E-state index in [0.717, 1.165) is 33.9 Å². The molecule has 0 saturated carbocycles. The van der Waals surface area contributed by atoms with Gasteiger partial charge in [0, 0.05) is 11.1 Å². The molecule has 0 aliphatic heterocycles. The minimum Gasteiger partial charge on any atom is -0.278 e. The van der Waals surface area contributed by atoms with Crippen molar-refractivity contribution in [3.8, 4) is 0 Å². The third kappa shape index (κ3) is 8.49. The van der Waals surface area contributed by atoms with E-state index < -0.39 is 0 Å². The summed E-state index contributed by atoms with van der Waals surface area (Å²) in [5.41, 5.74) is 18.8. The Morgan fingerprint density at radius 1 is 0.381 bits per heavy atom. The second kappa shape index (κ2) is 14.9. The summed E-state index contributed by atoms with van der Waals surface area (Å²) < 4.78 is 0. The maximum absolute atomic E-state index is 4.67. The zero-order valence-electron chi connectivity index (χ0n) is 22.8. The second-order valence-electron chi connectivity index (χ2n) is 9.00. The van der Waals surface area contributed by atoms with Crippen LogP contribution in [0.3, 0.4) is 0 Å². The molecular formula is C34H30N8. The van der Waals surface area contributed by atoms with Crippen LogP contribution in [0.4, 0.5) is 22.7 Å². The molecule has 4 N–H and O–H groups in total. The third-order valence-corrected chi connectivity index (χ3v) is 5.92. The second-order valence-corrected chi connectivity index (χ2v) is 9.00. The van der Waals surface area contributed by atoms with Gasteiger partial charge in [0.15, 0.2) is 0 Å². The summed E-state index contributed by atoms with van der Waals surface area (Å²) in [6, 6.07) is 47.0. The highest BCUT2D eigenvalue weighted by molar-refractivity contribution is 6.41. The maximum Gasteiger partial charge on any atom is 0.111 e. The zero-order chi connectivity index (χ0) is 28.7. The smallest absolute Gasteiger partial charge is 0.111 e. The normalized spacial score (nSPS) is 11.9. The lowest BCUT2D eigenvalue weighted by molar-refractivity contribution is 1.32. The number of benzene rings is 5. The fourth-order valence-corrected chi connectivity index (χ4v) is 3.81. The number of rotatable bonds is 12. The fourth-order valence-electron chi connectivity index (χ4n) is 3.81. The first-order chi connectivity index (χ1) is 20.8. The average Bonchev–Trinajstić information content (AvgIpc) is 3.06. The zero-order valence-corrected chi connectivity index (χ0v) is 22.8. The predicted octanol–water partition coefficient (Wildman–Crippen LogP) is 7.51. The van der Waals surface area contributed by atoms with Gasteiger partial charge in [-0.25, -0.2) is 0 Å². The highest BCUT2D eigenvalue weighted by Gasteiger charge is 2.08. The van der Waals surface area contributed by atoms with Crippen LogP contribution in [0, 0.1) is 0 Å². The van der Waals surface area contributed by atoms with E-state index in [9.17, 15) is 0 Å². The molecule has 5 rings (SSSR count). The number of nitrogens with zero attached hydrogens (tertiary/aromatic N) is 4. The first-order valence-corrected chi connectivity index (χ1v) is 13.4. The van der Waals surface area contributed by atoms with Gasteiger partial charge in [0.25, 0.3) is 0 Å². The third-order valence-electron chi connectivity index (χ3n) is 5.92. The van der Waals surface area contributed by atoms with Gasteiger partial charge in [0.05, 0.1) is 35.2 Å². The van der Waals surface area contributed by atoms with E-state index in [1.165, 1.54) is 0 Å². The quantitative estimate of drug-likeness (QED) is 0.0954. The fraction of sp³-hybridized carbons (Fsp3) is 0. The molecule has 0 unspecified atom stereocenters. The van der Waals surface area contributed by atoms with E-state index in [1.807, 2.05) is 146 Å². The summed E-state index contributed by atoms with van der Waals surface area (Å²) in [4.78, 5) is 0. The van der Waals surface area contributed by atoms with Gasteiger partial charge in [-0.3, -0.25) is 21.7 Å². The predicted molar refractivity (Wildman–Crippen MR) is 177 cm³/mol. The van der Waals surface area contributed by atoms with Crippen molar-refractivity contribution in [2.24, 2.45) is 20.4 Å². The van der Waals surface area contributed by atoms with E-state index in [-0.39, 0.29) is 0 Å². The standard InChI is InChI=1S/C34H30N8/c1-5-16-29(17-6-1)37-35-25-33(41-39-31-20-9-3-10-21-31)27-14-13-15-28(24-27)34(42-40-32-22-11-4-12-23-32)26-36-38-30-18-7-2-8-19-30/h1-26,37-40H/b35-25-,36-26-,41-33-,42-34-. The molecule has 5 aromatic rings. The van der Waals surface area contributed by atoms with Gasteiger partial charge in [0.2, 0.25) is 0 Å². The Balaban J connectivity index is 1.44. The summed E-state index contributed by atoms with van der Waals surface area (Å²) in [7, 11) is 0. The van der Waals surface area contributed by atoms with Crippen LogP contribution in [0.25, 0.3) is 0 Å². The maximum atomic E-state index is 4.67. The summed E-state index contributed by atoms with van der Waals surface area (Å²) in [5, 5.41) is 18.2. The van der Waals surface area contributed by atoms with Gasteiger partial charge >= 0.3 is 0 Å². The molecule has 0 spiro atoms. The lowest BCUT2D eigenvalue weighted by Gasteiger charge is -2.08. The number of anilines is 4. The molecule has 8 heteroatoms. The van der Waals surface area contributed by atoms with Gasteiger partial charge in [-0.05, 0) is 54.6 Å². The molecule has 0 atom stereocenters. The molecule has 42 heavy (non-hydrogen) atoms. The van der Waals surface area contributed by atoms with E-state index in [2.05, 4.69) is 42.1 Å². The highest BCUT2D eigenvalue weighted by atomic mass is 15.3. The van der Waals surface area contributed by atoms with Crippen LogP contribution in [0.2, 0.25) is 0 Å². The van der Waals surface area contributed by atoms with E-state index in [1.54, 1.807) is 12.4 Å². The largest absolute Gasteiger partial charge is 0.278 e. The molecule has 206 valence electrons. The molecule has 0 saturated heterocycles. The SMILES string of the molecule is C(=N/Nc1ccccc1)/C(=N/Nc1ccccc1)c1cccc(C(/C=N\Nc2ccccc2)=N\Nc2ccccc2)c1. The molecule has 8 nitrogen and oxygen atoms in total. The van der Waals surface area contributed by atoms with Crippen molar-refractivity contribution >= 4 is 46.6 Å². The van der Waals surface area contributed by atoms with Crippen molar-refractivity contribution in [3.05, 3.63) is 157 Å². The molecule has 0 bridgehead atoms. The molecule has 0 heterocycles. The summed E-state index contributed by atoms with van der Waals surface area (Å²) in [5.74, 6) is 0. The number of hydrogen-bond donors (Lipinski definition) is 4. The van der Waals surface area contributed by atoms with Crippen LogP contribution in [-0.2, 0) is 0 Å². The Hall–Kier alpha value is -6.02. The number of hydrazone groups is 4. The first kappa shape index (κ1) is 27.5. The Morgan fingerprint density at radius 3 is 1.07 bits per heavy atom. The van der Waals surface area contributed by atoms with Crippen molar-refractivity contribution in [2.75, 3.05) is 21.7 Å². The van der Waals surface area contributed by atoms with Crippen LogP contribution in [0.1, 0.15) is 11.1 Å². The molecule has 0 aliphatic rings. The van der Waals surface area contributed by atoms with Crippen LogP contribution < -0.4 is 21.7 Å². The first-order valence-electron chi connectivity index (χ1n) is 13.4. The van der Waals surface area contributed by atoms with E-state index in [0.29, 0.717) is 11.4 Å². The molecule has 0 aromatic heterocycles. The van der Waals surface area contributed by atoms with Crippen molar-refractivity contribution in [2.45, 2.75) is 0 Å². The monoisotopic (exact) mass is 550 g/mol. The molecule has 0 amide bonds. The van der Waals surface area contributed by atoms with Crippen LogP contribution in [0.5, 0.6) is 0 Å². The minimum atomic E-state index is 0.624. The van der Waals surface area contributed by atoms with Crippen molar-refractivity contribution in [1.82, 2.24) is 0 Å². The molecule has 0 radical (unpaired) electrons. The lowest BCUT2D eigenvalue weighted by atomic mass is 10.0. The van der Waals surface area contributed by atoms with Gasteiger partial charge in [-0.1, -0.05) is 91.0 Å². The van der Waals surface area contributed by atoms with Crippen LogP contribution >= 0.6 is 0 Å². The number of hydrogen-bond acceptors (Lipinski definition) is 8. The Morgan fingerprint density at radius 2 is 0.714 bits per heavy atom. The van der Waals surface area contributed by atoms with Gasteiger partial charge in [-0.15, -0.1) is 0 Å². The summed E-state index contributed by atoms with van der Waals surface area (Å²) in [6.07, 6.45) is 3.37. The number of nitrogens with one attached hydrogen (secondary N) is 4. The van der Waals surface area contributed by atoms with Gasteiger partial charge in [-0.2, -0.15) is 20.4 Å². The topological polar surface area (TPSA) is 97.6 Å². The Kier molecular flexibility index (Phi) is 9.80.